The first-order chi connectivity index (χ1) is 43.2. The molecule has 3 heterocycles. The molecule has 89 heavy (non-hydrogen) atoms. The molecule has 18 heteroatoms. The molecular weight excluding hydrogens is 1130 g/mol. The van der Waals surface area contributed by atoms with Crippen molar-refractivity contribution in [3.05, 3.63) is 204 Å². The van der Waals surface area contributed by atoms with Crippen LogP contribution in [0.25, 0.3) is 45.0 Å². The highest BCUT2D eigenvalue weighted by atomic mass is 16.6. The molecule has 0 unspecified atom stereocenters. The molecule has 9 rings (SSSR count). The van der Waals surface area contributed by atoms with Gasteiger partial charge in [-0.3, -0.25) is 9.59 Å². The van der Waals surface area contributed by atoms with Crippen molar-refractivity contribution in [2.45, 2.75) is 98.1 Å². The summed E-state index contributed by atoms with van der Waals surface area (Å²) in [5.41, 5.74) is 8.69. The SMILES string of the molecule is CC(C)CCCOc1ccc(-c2cnc(-c3ccc(C[C@H](NC(=O)OCc4ccc(COC(=O)C5CN(C(=O)[C@H](Cc6ccc(-c7ncc(-c8ccc(OCCCC(C)C)cc8)cn7)cc6)NC(=O)OCc6ccccc6)C5)cc4)C(=O)O)cc3)nc2)cc1. The molecule has 2 atom stereocenters. The van der Waals surface area contributed by atoms with Gasteiger partial charge in [0.1, 0.15) is 43.4 Å². The Kier molecular flexibility index (Phi) is 22.6. The maximum Gasteiger partial charge on any atom is 0.408 e. The number of alkyl carbamates (subject to hydrolysis) is 2. The van der Waals surface area contributed by atoms with E-state index in [9.17, 15) is 29.1 Å². The van der Waals surface area contributed by atoms with Crippen molar-refractivity contribution in [2.75, 3.05) is 26.3 Å². The van der Waals surface area contributed by atoms with Crippen LogP contribution in [0, 0.1) is 17.8 Å². The zero-order valence-corrected chi connectivity index (χ0v) is 50.6. The molecule has 3 N–H and O–H groups in total. The first-order valence-electron chi connectivity index (χ1n) is 30.1. The second-order valence-electron chi connectivity index (χ2n) is 22.9. The van der Waals surface area contributed by atoms with E-state index < -0.39 is 42.1 Å². The molecule has 1 aliphatic heterocycles. The number of likely N-dealkylation sites (tertiary alicyclic amines) is 1. The minimum absolute atomic E-state index is 0.00501. The number of aliphatic carboxylic acids is 1. The monoisotopic (exact) mass is 1200 g/mol. The van der Waals surface area contributed by atoms with Crippen LogP contribution < -0.4 is 20.1 Å². The van der Waals surface area contributed by atoms with E-state index in [-0.39, 0.29) is 51.7 Å². The number of carbonyl (C=O) groups is 5. The quantitative estimate of drug-likeness (QED) is 0.0225. The van der Waals surface area contributed by atoms with Gasteiger partial charge in [-0.2, -0.15) is 0 Å². The Bertz CT molecular complexity index is 3570. The third-order valence-electron chi connectivity index (χ3n) is 15.1. The van der Waals surface area contributed by atoms with E-state index in [2.05, 4.69) is 58.3 Å². The molecule has 0 bridgehead atoms. The zero-order valence-electron chi connectivity index (χ0n) is 50.6. The molecule has 1 aliphatic rings. The minimum Gasteiger partial charge on any atom is -0.494 e. The number of benzene rings is 6. The topological polar surface area (TPSA) is 231 Å². The van der Waals surface area contributed by atoms with Crippen LogP contribution in [0.5, 0.6) is 11.5 Å². The third-order valence-corrected chi connectivity index (χ3v) is 15.1. The molecule has 2 aromatic heterocycles. The van der Waals surface area contributed by atoms with Gasteiger partial charge in [0.25, 0.3) is 0 Å². The van der Waals surface area contributed by atoms with Gasteiger partial charge < -0.3 is 44.3 Å². The average Bonchev–Trinajstić information content (AvgIpc) is 1.91. The second-order valence-corrected chi connectivity index (χ2v) is 22.9. The van der Waals surface area contributed by atoms with E-state index >= 15 is 0 Å². The van der Waals surface area contributed by atoms with Crippen molar-refractivity contribution in [1.82, 2.24) is 35.5 Å². The lowest BCUT2D eigenvalue weighted by molar-refractivity contribution is -0.160. The molecule has 1 fully saturated rings. The summed E-state index contributed by atoms with van der Waals surface area (Å²) in [5, 5.41) is 15.2. The number of nitrogens with zero attached hydrogens (tertiary/aromatic N) is 5. The molecule has 0 radical (unpaired) electrons. The lowest BCUT2D eigenvalue weighted by Crippen LogP contribution is -2.59. The van der Waals surface area contributed by atoms with E-state index in [1.807, 2.05) is 103 Å². The van der Waals surface area contributed by atoms with Gasteiger partial charge in [0.05, 0.1) is 19.1 Å². The summed E-state index contributed by atoms with van der Waals surface area (Å²) >= 11 is 0. The van der Waals surface area contributed by atoms with Crippen LogP contribution in [-0.2, 0) is 61.3 Å². The Balaban J connectivity index is 0.706. The normalized spacial score (nSPS) is 12.8. The number of rotatable bonds is 29. The van der Waals surface area contributed by atoms with Gasteiger partial charge in [0.15, 0.2) is 11.6 Å². The zero-order chi connectivity index (χ0) is 62.5. The van der Waals surface area contributed by atoms with Crippen LogP contribution >= 0.6 is 0 Å². The maximum absolute atomic E-state index is 14.0. The van der Waals surface area contributed by atoms with Crippen molar-refractivity contribution >= 4 is 30.0 Å². The number of carboxylic acid groups (broad SMARTS) is 1. The van der Waals surface area contributed by atoms with Crippen LogP contribution in [0.4, 0.5) is 9.59 Å². The van der Waals surface area contributed by atoms with E-state index in [0.29, 0.717) is 53.4 Å². The highest BCUT2D eigenvalue weighted by Crippen LogP contribution is 2.27. The van der Waals surface area contributed by atoms with Crippen LogP contribution in [-0.4, -0.2) is 98.4 Å². The van der Waals surface area contributed by atoms with Crippen LogP contribution in [0.15, 0.2) is 176 Å². The Hall–Kier alpha value is -9.97. The fourth-order valence-corrected chi connectivity index (χ4v) is 9.83. The molecule has 18 nitrogen and oxygen atoms in total. The fraction of sp³-hybridized carbons (Fsp3) is 0.310. The van der Waals surface area contributed by atoms with Crippen molar-refractivity contribution in [3.8, 4) is 56.5 Å². The predicted octanol–water partition coefficient (Wildman–Crippen LogP) is 12.5. The summed E-state index contributed by atoms with van der Waals surface area (Å²) in [6, 6.07) is 44.2. The Morgan fingerprint density at radius 2 is 0.854 bits per heavy atom. The molecule has 0 spiro atoms. The highest BCUT2D eigenvalue weighted by Gasteiger charge is 2.40. The van der Waals surface area contributed by atoms with Crippen molar-refractivity contribution in [1.29, 1.82) is 0 Å². The molecule has 8 aromatic rings. The highest BCUT2D eigenvalue weighted by molar-refractivity contribution is 5.88. The van der Waals surface area contributed by atoms with Crippen molar-refractivity contribution in [2.24, 2.45) is 17.8 Å². The summed E-state index contributed by atoms with van der Waals surface area (Å²) < 4.78 is 28.3. The van der Waals surface area contributed by atoms with E-state index in [4.69, 9.17) is 23.7 Å². The van der Waals surface area contributed by atoms with Crippen LogP contribution in [0.1, 0.15) is 81.2 Å². The summed E-state index contributed by atoms with van der Waals surface area (Å²) in [7, 11) is 0. The molecule has 3 amide bonds. The Labute approximate surface area is 519 Å². The van der Waals surface area contributed by atoms with Crippen LogP contribution in [0.2, 0.25) is 0 Å². The molecular formula is C71H75N7O11. The molecule has 460 valence electrons. The number of esters is 1. The number of aromatic nitrogens is 4. The predicted molar refractivity (Wildman–Crippen MR) is 337 cm³/mol. The maximum atomic E-state index is 14.0. The first-order valence-corrected chi connectivity index (χ1v) is 30.1. The molecule has 0 aliphatic carbocycles. The number of hydrogen-bond acceptors (Lipinski definition) is 14. The lowest BCUT2D eigenvalue weighted by atomic mass is 9.97. The Morgan fingerprint density at radius 3 is 1.28 bits per heavy atom. The number of nitrogens with one attached hydrogen (secondary N) is 2. The average molecular weight is 1200 g/mol. The summed E-state index contributed by atoms with van der Waals surface area (Å²) in [5.74, 6) is 1.31. The number of hydrogen-bond donors (Lipinski definition) is 3. The third kappa shape index (κ3) is 19.3. The minimum atomic E-state index is -1.26. The number of carbonyl (C=O) groups excluding carboxylic acids is 4. The van der Waals surface area contributed by atoms with Gasteiger partial charge in [-0.1, -0.05) is 155 Å². The van der Waals surface area contributed by atoms with Gasteiger partial charge in [-0.25, -0.2) is 34.3 Å². The van der Waals surface area contributed by atoms with Gasteiger partial charge in [0, 0.05) is 73.0 Å². The molecule has 1 saturated heterocycles. The smallest absolute Gasteiger partial charge is 0.408 e. The van der Waals surface area contributed by atoms with Gasteiger partial charge in [-0.15, -0.1) is 0 Å². The van der Waals surface area contributed by atoms with Crippen molar-refractivity contribution in [3.63, 3.8) is 0 Å². The molecule has 6 aromatic carbocycles. The lowest BCUT2D eigenvalue weighted by Gasteiger charge is -2.39. The fourth-order valence-electron chi connectivity index (χ4n) is 9.83. The Morgan fingerprint density at radius 1 is 0.472 bits per heavy atom. The van der Waals surface area contributed by atoms with Gasteiger partial charge >= 0.3 is 24.1 Å². The van der Waals surface area contributed by atoms with Gasteiger partial charge in [0.2, 0.25) is 5.91 Å². The second kappa shape index (κ2) is 31.6. The summed E-state index contributed by atoms with van der Waals surface area (Å²) in [6.45, 7) is 10.2. The summed E-state index contributed by atoms with van der Waals surface area (Å²) in [4.78, 5) is 85.4. The first kappa shape index (κ1) is 63.5. The molecule has 0 saturated carbocycles. The van der Waals surface area contributed by atoms with E-state index in [1.165, 1.54) is 4.90 Å². The van der Waals surface area contributed by atoms with E-state index in [0.717, 1.165) is 81.7 Å². The largest absolute Gasteiger partial charge is 0.494 e. The summed E-state index contributed by atoms with van der Waals surface area (Å²) in [6.07, 6.45) is 9.82. The van der Waals surface area contributed by atoms with E-state index in [1.54, 1.807) is 73.3 Å². The standard InChI is InChI=1S/C71H75N7O11/c1-47(2)10-8-34-85-61-30-26-54(27-31-61)58-38-72-65(73-39-58)56-22-18-49(19-23-56)36-63(76-70(83)88-45-51-12-6-5-7-13-51)67(79)78-42-60(43-78)69(82)87-44-52-14-16-53(17-15-52)46-89-71(84)77-64(68(80)81)37-50-20-24-57(25-21-50)66-74-40-59(41-75-66)55-28-32-62(33-29-55)86-35-9-11-48(3)4/h5-7,12-33,38-41,47-48,60,63-64H,8-11,34-37,42-46H2,1-4H3,(H,76,83)(H,77,84)(H,80,81)/t63-,64-/m0/s1. The number of ether oxygens (including phenoxy) is 5. The van der Waals surface area contributed by atoms with Crippen LogP contribution in [0.3, 0.4) is 0 Å². The van der Waals surface area contributed by atoms with Crippen molar-refractivity contribution < 1.29 is 52.8 Å². The number of amides is 3. The number of carboxylic acids is 1. The van der Waals surface area contributed by atoms with Gasteiger partial charge in [-0.05, 0) is 101 Å².